The van der Waals surface area contributed by atoms with Crippen LogP contribution in [0, 0.1) is 11.8 Å². The molecular weight excluding hydrogens is 192 g/mol. The molecule has 0 aromatic carbocycles. The Labute approximate surface area is 91.4 Å². The molecule has 2 aliphatic heterocycles. The van der Waals surface area contributed by atoms with E-state index in [1.807, 2.05) is 13.8 Å². The zero-order valence-electron chi connectivity index (χ0n) is 10.0. The maximum absolute atomic E-state index is 10.0. The van der Waals surface area contributed by atoms with E-state index in [2.05, 4.69) is 13.8 Å². The molecule has 0 saturated carbocycles. The molecule has 0 spiro atoms. The van der Waals surface area contributed by atoms with Crippen LogP contribution >= 0.6 is 0 Å². The zero-order valence-corrected chi connectivity index (χ0v) is 10.0. The van der Waals surface area contributed by atoms with Gasteiger partial charge in [-0.2, -0.15) is 0 Å². The number of hydrogen-bond donors (Lipinski definition) is 2. The number of aliphatic hydroxyl groups excluding tert-OH is 2. The molecule has 5 atom stereocenters. The van der Waals surface area contributed by atoms with Crippen molar-refractivity contribution in [1.82, 2.24) is 0 Å². The van der Waals surface area contributed by atoms with Crippen LogP contribution in [0.25, 0.3) is 0 Å². The third-order valence-corrected chi connectivity index (χ3v) is 4.29. The number of hydrogen-bond acceptors (Lipinski definition) is 3. The van der Waals surface area contributed by atoms with Crippen LogP contribution in [0.4, 0.5) is 0 Å². The molecule has 2 aliphatic rings. The molecule has 2 bridgehead atoms. The van der Waals surface area contributed by atoms with Crippen molar-refractivity contribution >= 4 is 0 Å². The minimum atomic E-state index is -0.744. The molecule has 88 valence electrons. The lowest BCUT2D eigenvalue weighted by Crippen LogP contribution is -2.45. The van der Waals surface area contributed by atoms with Crippen LogP contribution in [-0.2, 0) is 4.74 Å². The number of rotatable bonds is 1. The van der Waals surface area contributed by atoms with Crippen LogP contribution in [0.1, 0.15) is 40.5 Å². The van der Waals surface area contributed by atoms with Gasteiger partial charge in [-0.05, 0) is 38.5 Å². The van der Waals surface area contributed by atoms with Gasteiger partial charge in [-0.15, -0.1) is 0 Å². The molecule has 3 heteroatoms. The van der Waals surface area contributed by atoms with Crippen LogP contribution in [0.2, 0.25) is 0 Å². The van der Waals surface area contributed by atoms with Crippen LogP contribution in [0.5, 0.6) is 0 Å². The lowest BCUT2D eigenvalue weighted by atomic mass is 9.78. The summed E-state index contributed by atoms with van der Waals surface area (Å²) in [6.45, 7) is 8.23. The van der Waals surface area contributed by atoms with Crippen molar-refractivity contribution in [3.63, 3.8) is 0 Å². The minimum absolute atomic E-state index is 0.528. The van der Waals surface area contributed by atoms with E-state index in [9.17, 15) is 10.2 Å². The Bertz CT molecular complexity index is 244. The van der Waals surface area contributed by atoms with E-state index in [-0.39, 0.29) is 0 Å². The third-order valence-electron chi connectivity index (χ3n) is 4.29. The zero-order chi connectivity index (χ0) is 11.4. The highest BCUT2D eigenvalue weighted by Gasteiger charge is 2.61. The van der Waals surface area contributed by atoms with Crippen molar-refractivity contribution < 1.29 is 14.9 Å². The fourth-order valence-corrected chi connectivity index (χ4v) is 3.23. The van der Waals surface area contributed by atoms with E-state index >= 15 is 0 Å². The molecule has 0 radical (unpaired) electrons. The molecule has 2 N–H and O–H groups in total. The Morgan fingerprint density at radius 2 is 1.47 bits per heavy atom. The van der Waals surface area contributed by atoms with Crippen molar-refractivity contribution in [2.24, 2.45) is 11.8 Å². The summed E-state index contributed by atoms with van der Waals surface area (Å²) >= 11 is 0. The number of ether oxygens (including phenoxy) is 1. The average molecular weight is 214 g/mol. The third kappa shape index (κ3) is 1.52. The maximum Gasteiger partial charge on any atom is 0.111 e. The number of aliphatic hydroxyl groups is 2. The van der Waals surface area contributed by atoms with Crippen LogP contribution in [0.15, 0.2) is 0 Å². The highest BCUT2D eigenvalue weighted by molar-refractivity contribution is 5.11. The fourth-order valence-electron chi connectivity index (χ4n) is 3.23. The van der Waals surface area contributed by atoms with Gasteiger partial charge in [0.2, 0.25) is 0 Å². The second-order valence-corrected chi connectivity index (χ2v) is 6.03. The van der Waals surface area contributed by atoms with E-state index in [4.69, 9.17) is 4.74 Å². The van der Waals surface area contributed by atoms with Gasteiger partial charge < -0.3 is 14.9 Å². The van der Waals surface area contributed by atoms with E-state index in [1.54, 1.807) is 0 Å². The van der Waals surface area contributed by atoms with Crippen molar-refractivity contribution in [3.8, 4) is 0 Å². The summed E-state index contributed by atoms with van der Waals surface area (Å²) in [5, 5.41) is 20.0. The van der Waals surface area contributed by atoms with E-state index < -0.39 is 23.4 Å². The summed E-state index contributed by atoms with van der Waals surface area (Å²) in [6, 6.07) is 0. The summed E-state index contributed by atoms with van der Waals surface area (Å²) < 4.78 is 5.88. The molecule has 2 saturated heterocycles. The van der Waals surface area contributed by atoms with Gasteiger partial charge >= 0.3 is 0 Å². The largest absolute Gasteiger partial charge is 0.387 e. The molecule has 2 heterocycles. The van der Waals surface area contributed by atoms with Crippen molar-refractivity contribution in [1.29, 1.82) is 0 Å². The van der Waals surface area contributed by atoms with Gasteiger partial charge in [0.1, 0.15) is 12.2 Å². The van der Waals surface area contributed by atoms with Gasteiger partial charge in [-0.3, -0.25) is 0 Å². The van der Waals surface area contributed by atoms with Crippen molar-refractivity contribution in [2.75, 3.05) is 0 Å². The molecule has 0 aromatic rings. The molecule has 0 aromatic heterocycles. The van der Waals surface area contributed by atoms with E-state index in [0.29, 0.717) is 11.8 Å². The predicted octanol–water partition coefficient (Wildman–Crippen LogP) is 1.32. The first-order valence-electron chi connectivity index (χ1n) is 5.85. The molecule has 0 amide bonds. The van der Waals surface area contributed by atoms with Gasteiger partial charge in [0.05, 0.1) is 11.2 Å². The second kappa shape index (κ2) is 3.19. The Hall–Kier alpha value is -0.120. The first kappa shape index (κ1) is 11.4. The van der Waals surface area contributed by atoms with Crippen molar-refractivity contribution in [3.05, 3.63) is 0 Å². The summed E-state index contributed by atoms with van der Waals surface area (Å²) in [7, 11) is 0. The molecular formula is C12H22O3. The predicted molar refractivity (Wildman–Crippen MR) is 57.5 cm³/mol. The Morgan fingerprint density at radius 3 is 1.80 bits per heavy atom. The SMILES string of the molecule is CC(C)C1C[C@@]2(C)O[C@@](C)(C1)[C@H](O)[C@@H]2O. The standard InChI is InChI=1S/C12H22O3/c1-7(2)8-5-11(3)9(13)10(14)12(4,6-8)15-11/h7-10,13-14H,5-6H2,1-4H3/t8?,9-,10+,11+,12-. The second-order valence-electron chi connectivity index (χ2n) is 6.03. The summed E-state index contributed by atoms with van der Waals surface area (Å²) in [6.07, 6.45) is 0.203. The molecule has 2 rings (SSSR count). The van der Waals surface area contributed by atoms with Gasteiger partial charge in [0, 0.05) is 0 Å². The van der Waals surface area contributed by atoms with Crippen LogP contribution < -0.4 is 0 Å². The normalized spacial score (nSPS) is 55.0. The summed E-state index contributed by atoms with van der Waals surface area (Å²) in [5.41, 5.74) is -1.11. The van der Waals surface area contributed by atoms with Crippen molar-refractivity contribution in [2.45, 2.75) is 63.9 Å². The van der Waals surface area contributed by atoms with Gasteiger partial charge in [0.15, 0.2) is 0 Å². The van der Waals surface area contributed by atoms with Crippen LogP contribution in [-0.4, -0.2) is 33.6 Å². The fraction of sp³-hybridized carbons (Fsp3) is 1.00. The summed E-state index contributed by atoms with van der Waals surface area (Å²) in [5.74, 6) is 1.10. The Balaban J connectivity index is 2.29. The molecule has 1 unspecified atom stereocenters. The minimum Gasteiger partial charge on any atom is -0.387 e. The van der Waals surface area contributed by atoms with Gasteiger partial charge in [-0.25, -0.2) is 0 Å². The molecule has 15 heavy (non-hydrogen) atoms. The summed E-state index contributed by atoms with van der Waals surface area (Å²) in [4.78, 5) is 0. The molecule has 0 aliphatic carbocycles. The highest BCUT2D eigenvalue weighted by atomic mass is 16.6. The Morgan fingerprint density at radius 1 is 1.07 bits per heavy atom. The lowest BCUT2D eigenvalue weighted by molar-refractivity contribution is -0.168. The quantitative estimate of drug-likeness (QED) is 0.692. The van der Waals surface area contributed by atoms with Crippen LogP contribution in [0.3, 0.4) is 0 Å². The molecule has 3 nitrogen and oxygen atoms in total. The first-order valence-corrected chi connectivity index (χ1v) is 5.85. The van der Waals surface area contributed by atoms with E-state index in [0.717, 1.165) is 12.8 Å². The average Bonchev–Trinajstić information content (AvgIpc) is 2.24. The van der Waals surface area contributed by atoms with Gasteiger partial charge in [0.25, 0.3) is 0 Å². The van der Waals surface area contributed by atoms with E-state index in [1.165, 1.54) is 0 Å². The Kier molecular flexibility index (Phi) is 2.42. The maximum atomic E-state index is 10.0. The lowest BCUT2D eigenvalue weighted by Gasteiger charge is -2.42. The number of fused-ring (bicyclic) bond motifs is 2. The first-order chi connectivity index (χ1) is 6.78. The molecule has 2 fully saturated rings. The topological polar surface area (TPSA) is 49.7 Å². The monoisotopic (exact) mass is 214 g/mol. The van der Waals surface area contributed by atoms with Gasteiger partial charge in [-0.1, -0.05) is 13.8 Å². The smallest absolute Gasteiger partial charge is 0.111 e. The highest BCUT2D eigenvalue weighted by Crippen LogP contribution is 2.51.